The van der Waals surface area contributed by atoms with Gasteiger partial charge < -0.3 is 11.1 Å². The van der Waals surface area contributed by atoms with Crippen LogP contribution in [-0.2, 0) is 6.18 Å². The maximum Gasteiger partial charge on any atom is 0.419 e. The van der Waals surface area contributed by atoms with E-state index >= 15 is 0 Å². The van der Waals surface area contributed by atoms with Crippen molar-refractivity contribution in [3.63, 3.8) is 0 Å². The van der Waals surface area contributed by atoms with Crippen molar-refractivity contribution in [1.82, 2.24) is 4.98 Å². The molecule has 1 aromatic heterocycles. The highest BCUT2D eigenvalue weighted by molar-refractivity contribution is 9.10. The van der Waals surface area contributed by atoms with Gasteiger partial charge in [-0.2, -0.15) is 13.2 Å². The molecule has 3 N–H and O–H groups in total. The van der Waals surface area contributed by atoms with E-state index in [9.17, 15) is 13.2 Å². The average molecular weight is 326 g/mol. The van der Waals surface area contributed by atoms with Crippen molar-refractivity contribution in [3.05, 3.63) is 22.3 Å². The first-order chi connectivity index (χ1) is 8.38. The third kappa shape index (κ3) is 4.13. The average Bonchev–Trinajstić information content (AvgIpc) is 2.29. The van der Waals surface area contributed by atoms with Crippen LogP contribution < -0.4 is 11.1 Å². The lowest BCUT2D eigenvalue weighted by molar-refractivity contribution is -0.137. The molecule has 1 heterocycles. The maximum absolute atomic E-state index is 12.8. The molecule has 1 atom stereocenters. The fourth-order valence-electron chi connectivity index (χ4n) is 1.56. The molecule has 1 unspecified atom stereocenters. The summed E-state index contributed by atoms with van der Waals surface area (Å²) in [6.07, 6.45) is -1.57. The van der Waals surface area contributed by atoms with E-state index in [-0.39, 0.29) is 18.4 Å². The van der Waals surface area contributed by atoms with E-state index < -0.39 is 11.7 Å². The smallest absolute Gasteiger partial charge is 0.366 e. The Morgan fingerprint density at radius 1 is 1.50 bits per heavy atom. The first kappa shape index (κ1) is 15.2. The summed E-state index contributed by atoms with van der Waals surface area (Å²) >= 11 is 2.99. The van der Waals surface area contributed by atoms with Gasteiger partial charge in [0.15, 0.2) is 0 Å². The normalized spacial score (nSPS) is 13.4. The number of pyridine rings is 1. The molecule has 1 aromatic rings. The largest absolute Gasteiger partial charge is 0.419 e. The molecule has 102 valence electrons. The van der Waals surface area contributed by atoms with Gasteiger partial charge in [0.2, 0.25) is 0 Å². The van der Waals surface area contributed by atoms with Gasteiger partial charge in [-0.05, 0) is 28.4 Å². The Labute approximate surface area is 112 Å². The Kier molecular flexibility index (Phi) is 5.40. The van der Waals surface area contributed by atoms with E-state index in [1.165, 1.54) is 6.20 Å². The third-order valence-electron chi connectivity index (χ3n) is 2.42. The molecule has 0 amide bonds. The van der Waals surface area contributed by atoms with Gasteiger partial charge in [-0.1, -0.05) is 13.3 Å². The van der Waals surface area contributed by atoms with Crippen molar-refractivity contribution < 1.29 is 13.2 Å². The zero-order chi connectivity index (χ0) is 13.8. The van der Waals surface area contributed by atoms with Crippen molar-refractivity contribution in [3.8, 4) is 0 Å². The van der Waals surface area contributed by atoms with Crippen LogP contribution in [0, 0.1) is 0 Å². The lowest BCUT2D eigenvalue weighted by Crippen LogP contribution is -2.30. The number of anilines is 1. The van der Waals surface area contributed by atoms with Gasteiger partial charge in [0, 0.05) is 23.3 Å². The Morgan fingerprint density at radius 3 is 2.67 bits per heavy atom. The van der Waals surface area contributed by atoms with Gasteiger partial charge in [-0.3, -0.25) is 0 Å². The molecule has 18 heavy (non-hydrogen) atoms. The number of nitrogens with two attached hydrogens (primary N) is 1. The summed E-state index contributed by atoms with van der Waals surface area (Å²) in [6.45, 7) is 2.22. The summed E-state index contributed by atoms with van der Waals surface area (Å²) in [5.41, 5.74) is 4.73. The van der Waals surface area contributed by atoms with Gasteiger partial charge >= 0.3 is 6.18 Å². The van der Waals surface area contributed by atoms with Crippen LogP contribution in [-0.4, -0.2) is 17.6 Å². The zero-order valence-electron chi connectivity index (χ0n) is 9.89. The molecule has 1 rings (SSSR count). The lowest BCUT2D eigenvalue weighted by Gasteiger charge is -2.20. The van der Waals surface area contributed by atoms with Crippen molar-refractivity contribution in [1.29, 1.82) is 0 Å². The Morgan fingerprint density at radius 2 is 2.17 bits per heavy atom. The van der Waals surface area contributed by atoms with Gasteiger partial charge in [0.1, 0.15) is 5.82 Å². The fourth-order valence-corrected chi connectivity index (χ4v) is 1.89. The molecule has 0 aromatic carbocycles. The fraction of sp³-hybridized carbons (Fsp3) is 0.545. The highest BCUT2D eigenvalue weighted by atomic mass is 79.9. The molecular formula is C11H15BrF3N3. The van der Waals surface area contributed by atoms with Crippen LogP contribution in [0.4, 0.5) is 19.0 Å². The first-order valence-electron chi connectivity index (χ1n) is 5.57. The molecule has 0 bridgehead atoms. The number of nitrogens with one attached hydrogen (secondary N) is 1. The van der Waals surface area contributed by atoms with E-state index in [0.29, 0.717) is 10.9 Å². The van der Waals surface area contributed by atoms with E-state index in [1.807, 2.05) is 6.92 Å². The number of aromatic nitrogens is 1. The molecule has 0 aliphatic rings. The number of hydrogen-bond acceptors (Lipinski definition) is 3. The highest BCUT2D eigenvalue weighted by Crippen LogP contribution is 2.35. The van der Waals surface area contributed by atoms with Gasteiger partial charge in [0.05, 0.1) is 5.56 Å². The van der Waals surface area contributed by atoms with Crippen LogP contribution in [0.15, 0.2) is 16.7 Å². The summed E-state index contributed by atoms with van der Waals surface area (Å²) in [5, 5.41) is 2.76. The predicted molar refractivity (Wildman–Crippen MR) is 68.3 cm³/mol. The number of nitrogens with zero attached hydrogens (tertiary/aromatic N) is 1. The van der Waals surface area contributed by atoms with E-state index in [0.717, 1.165) is 12.5 Å². The number of alkyl halides is 3. The minimum atomic E-state index is -4.44. The molecule has 0 radical (unpaired) electrons. The molecule has 0 saturated heterocycles. The van der Waals surface area contributed by atoms with Crippen molar-refractivity contribution in [2.75, 3.05) is 11.9 Å². The standard InChI is InChI=1S/C11H15BrF3N3/c1-2-3-8(5-16)18-10-9(11(13,14)15)4-7(12)6-17-10/h4,6,8H,2-3,5,16H2,1H3,(H,17,18). The third-order valence-corrected chi connectivity index (χ3v) is 2.86. The monoisotopic (exact) mass is 325 g/mol. The highest BCUT2D eigenvalue weighted by Gasteiger charge is 2.35. The Balaban J connectivity index is 3.01. The second kappa shape index (κ2) is 6.38. The van der Waals surface area contributed by atoms with Crippen molar-refractivity contribution in [2.45, 2.75) is 32.0 Å². The molecule has 3 nitrogen and oxygen atoms in total. The minimum Gasteiger partial charge on any atom is -0.366 e. The van der Waals surface area contributed by atoms with Crippen molar-refractivity contribution >= 4 is 21.7 Å². The van der Waals surface area contributed by atoms with Crippen LogP contribution in [0.2, 0.25) is 0 Å². The zero-order valence-corrected chi connectivity index (χ0v) is 11.5. The topological polar surface area (TPSA) is 50.9 Å². The summed E-state index contributed by atoms with van der Waals surface area (Å²) < 4.78 is 38.8. The molecule has 0 fully saturated rings. The van der Waals surface area contributed by atoms with Gasteiger partial charge in [0.25, 0.3) is 0 Å². The Bertz CT molecular complexity index is 396. The summed E-state index contributed by atoms with van der Waals surface area (Å²) in [6, 6.07) is 0.805. The molecule has 0 saturated carbocycles. The van der Waals surface area contributed by atoms with Gasteiger partial charge in [-0.25, -0.2) is 4.98 Å². The molecule has 0 aliphatic heterocycles. The maximum atomic E-state index is 12.8. The van der Waals surface area contributed by atoms with Crippen LogP contribution >= 0.6 is 15.9 Å². The first-order valence-corrected chi connectivity index (χ1v) is 6.37. The van der Waals surface area contributed by atoms with Crippen LogP contribution in [0.1, 0.15) is 25.3 Å². The molecule has 0 spiro atoms. The minimum absolute atomic E-state index is 0.172. The molecule has 7 heteroatoms. The molecular weight excluding hydrogens is 311 g/mol. The molecule has 0 aliphatic carbocycles. The quantitative estimate of drug-likeness (QED) is 0.872. The number of rotatable bonds is 5. The second-order valence-electron chi connectivity index (χ2n) is 3.91. The van der Waals surface area contributed by atoms with Crippen molar-refractivity contribution in [2.24, 2.45) is 5.73 Å². The summed E-state index contributed by atoms with van der Waals surface area (Å²) in [7, 11) is 0. The summed E-state index contributed by atoms with van der Waals surface area (Å²) in [4.78, 5) is 3.78. The second-order valence-corrected chi connectivity index (χ2v) is 4.83. The van der Waals surface area contributed by atoms with E-state index in [1.54, 1.807) is 0 Å². The van der Waals surface area contributed by atoms with E-state index in [2.05, 4.69) is 26.2 Å². The summed E-state index contributed by atoms with van der Waals surface area (Å²) in [5.74, 6) is -0.172. The number of halogens is 4. The van der Waals surface area contributed by atoms with Crippen LogP contribution in [0.3, 0.4) is 0 Å². The Hall–Kier alpha value is -0.820. The lowest BCUT2D eigenvalue weighted by atomic mass is 10.1. The van der Waals surface area contributed by atoms with E-state index in [4.69, 9.17) is 5.73 Å². The predicted octanol–water partition coefficient (Wildman–Crippen LogP) is 3.40. The van der Waals surface area contributed by atoms with Crippen LogP contribution in [0.5, 0.6) is 0 Å². The SMILES string of the molecule is CCCC(CN)Nc1ncc(Br)cc1C(F)(F)F. The van der Waals surface area contributed by atoms with Gasteiger partial charge in [-0.15, -0.1) is 0 Å². The number of hydrogen-bond donors (Lipinski definition) is 2. The van der Waals surface area contributed by atoms with Crippen LogP contribution in [0.25, 0.3) is 0 Å².